The number of aromatic nitrogens is 1. The highest BCUT2D eigenvalue weighted by Gasteiger charge is 2.17. The molecule has 0 fully saturated rings. The van der Waals surface area contributed by atoms with Gasteiger partial charge in [-0.3, -0.25) is 9.78 Å². The molecule has 1 N–H and O–H groups in total. The minimum Gasteiger partial charge on any atom is -0.349 e. The fourth-order valence-corrected chi connectivity index (χ4v) is 2.84. The number of carbonyl (C=O) groups excluding carboxylic acids is 1. The van der Waals surface area contributed by atoms with E-state index in [2.05, 4.69) is 10.3 Å². The second-order valence-electron chi connectivity index (χ2n) is 4.72. The Labute approximate surface area is 134 Å². The normalized spacial score (nSPS) is 13.5. The van der Waals surface area contributed by atoms with E-state index in [1.807, 2.05) is 50.2 Å². The van der Waals surface area contributed by atoms with Gasteiger partial charge in [0.2, 0.25) is 5.91 Å². The molecule has 0 aliphatic heterocycles. The lowest BCUT2D eigenvalue weighted by Gasteiger charge is -2.17. The smallest absolute Gasteiger partial charge is 0.233 e. The summed E-state index contributed by atoms with van der Waals surface area (Å²) in [7, 11) is 0. The van der Waals surface area contributed by atoms with Crippen LogP contribution in [0.4, 0.5) is 0 Å². The Morgan fingerprint density at radius 2 is 1.76 bits per heavy atom. The molecule has 0 aliphatic carbocycles. The van der Waals surface area contributed by atoms with Crippen molar-refractivity contribution in [1.29, 1.82) is 0 Å². The molecule has 0 radical (unpaired) electrons. The molecule has 21 heavy (non-hydrogen) atoms. The van der Waals surface area contributed by atoms with E-state index in [4.69, 9.17) is 11.6 Å². The zero-order valence-electron chi connectivity index (χ0n) is 11.9. The average Bonchev–Trinajstić information content (AvgIpc) is 2.50. The number of hydrogen-bond donors (Lipinski definition) is 1. The Morgan fingerprint density at radius 1 is 1.14 bits per heavy atom. The average molecular weight is 321 g/mol. The van der Waals surface area contributed by atoms with Crippen molar-refractivity contribution < 1.29 is 4.79 Å². The first-order valence-corrected chi connectivity index (χ1v) is 7.94. The number of amides is 1. The summed E-state index contributed by atoms with van der Waals surface area (Å²) in [6.45, 7) is 3.86. The highest BCUT2D eigenvalue weighted by molar-refractivity contribution is 8.00. The van der Waals surface area contributed by atoms with Crippen LogP contribution in [0.2, 0.25) is 5.02 Å². The van der Waals surface area contributed by atoms with Crippen molar-refractivity contribution in [2.75, 3.05) is 0 Å². The van der Waals surface area contributed by atoms with Gasteiger partial charge in [-0.2, -0.15) is 0 Å². The van der Waals surface area contributed by atoms with Crippen molar-refractivity contribution in [3.63, 3.8) is 0 Å². The second-order valence-corrected chi connectivity index (χ2v) is 6.58. The van der Waals surface area contributed by atoms with Gasteiger partial charge in [-0.1, -0.05) is 11.6 Å². The number of nitrogens with zero attached hydrogens (tertiary/aromatic N) is 1. The third-order valence-electron chi connectivity index (χ3n) is 3.06. The van der Waals surface area contributed by atoms with Crippen LogP contribution in [0.1, 0.15) is 25.5 Å². The highest BCUT2D eigenvalue weighted by atomic mass is 35.5. The molecule has 110 valence electrons. The molecular formula is C16H17ClN2OS. The van der Waals surface area contributed by atoms with Gasteiger partial charge >= 0.3 is 0 Å². The number of hydrogen-bond acceptors (Lipinski definition) is 3. The standard InChI is InChI=1S/C16H17ClN2OS/c1-11(13-7-9-18-10-8-13)19-16(20)12(2)21-15-5-3-14(17)4-6-15/h3-12H,1-2H3,(H,19,20)/t11-,12+/m1/s1. The molecule has 0 saturated heterocycles. The first-order valence-electron chi connectivity index (χ1n) is 6.69. The number of thioether (sulfide) groups is 1. The Hall–Kier alpha value is -1.52. The molecule has 3 nitrogen and oxygen atoms in total. The van der Waals surface area contributed by atoms with Crippen LogP contribution in [-0.4, -0.2) is 16.1 Å². The molecule has 1 heterocycles. The number of pyridine rings is 1. The predicted molar refractivity (Wildman–Crippen MR) is 87.6 cm³/mol. The van der Waals surface area contributed by atoms with Gasteiger partial charge in [0, 0.05) is 22.3 Å². The summed E-state index contributed by atoms with van der Waals surface area (Å²) in [6, 6.07) is 11.3. The molecule has 5 heteroatoms. The fourth-order valence-electron chi connectivity index (χ4n) is 1.84. The lowest BCUT2D eigenvalue weighted by molar-refractivity contribution is -0.120. The third kappa shape index (κ3) is 4.76. The summed E-state index contributed by atoms with van der Waals surface area (Å²) < 4.78 is 0. The summed E-state index contributed by atoms with van der Waals surface area (Å²) in [6.07, 6.45) is 3.45. The Balaban J connectivity index is 1.92. The summed E-state index contributed by atoms with van der Waals surface area (Å²) in [5.41, 5.74) is 1.04. The maximum atomic E-state index is 12.2. The Bertz CT molecular complexity index is 589. The zero-order valence-corrected chi connectivity index (χ0v) is 13.5. The maximum absolute atomic E-state index is 12.2. The van der Waals surface area contributed by atoms with Gasteiger partial charge in [0.05, 0.1) is 11.3 Å². The molecule has 0 saturated carbocycles. The van der Waals surface area contributed by atoms with Gasteiger partial charge in [0.15, 0.2) is 0 Å². The molecule has 2 atom stereocenters. The van der Waals surface area contributed by atoms with E-state index < -0.39 is 0 Å². The van der Waals surface area contributed by atoms with Crippen LogP contribution in [0, 0.1) is 0 Å². The number of benzene rings is 1. The molecule has 0 spiro atoms. The minimum absolute atomic E-state index is 0.0132. The Kier molecular flexibility index (Phi) is 5.65. The summed E-state index contributed by atoms with van der Waals surface area (Å²) >= 11 is 7.37. The van der Waals surface area contributed by atoms with E-state index in [-0.39, 0.29) is 17.2 Å². The minimum atomic E-state index is -0.171. The number of nitrogens with one attached hydrogen (secondary N) is 1. The molecule has 1 aromatic carbocycles. The molecule has 2 rings (SSSR count). The van der Waals surface area contributed by atoms with E-state index in [0.29, 0.717) is 5.02 Å². The quantitative estimate of drug-likeness (QED) is 0.844. The van der Waals surface area contributed by atoms with E-state index in [1.54, 1.807) is 12.4 Å². The third-order valence-corrected chi connectivity index (χ3v) is 4.42. The molecule has 0 aliphatic rings. The van der Waals surface area contributed by atoms with Crippen LogP contribution in [0.15, 0.2) is 53.7 Å². The van der Waals surface area contributed by atoms with Gasteiger partial charge in [-0.15, -0.1) is 11.8 Å². The fraction of sp³-hybridized carbons (Fsp3) is 0.250. The van der Waals surface area contributed by atoms with Crippen molar-refractivity contribution in [1.82, 2.24) is 10.3 Å². The lowest BCUT2D eigenvalue weighted by Crippen LogP contribution is -2.33. The SMILES string of the molecule is C[C@H](Sc1ccc(Cl)cc1)C(=O)N[C@H](C)c1ccncc1. The van der Waals surface area contributed by atoms with Gasteiger partial charge < -0.3 is 5.32 Å². The predicted octanol–water partition coefficient (Wildman–Crippen LogP) is 4.09. The van der Waals surface area contributed by atoms with E-state index >= 15 is 0 Å². The molecule has 0 unspecified atom stereocenters. The monoisotopic (exact) mass is 320 g/mol. The van der Waals surface area contributed by atoms with Crippen molar-refractivity contribution >= 4 is 29.3 Å². The van der Waals surface area contributed by atoms with Crippen molar-refractivity contribution in [2.45, 2.75) is 30.0 Å². The molecule has 0 bridgehead atoms. The van der Waals surface area contributed by atoms with Crippen LogP contribution >= 0.6 is 23.4 Å². The largest absolute Gasteiger partial charge is 0.349 e. The van der Waals surface area contributed by atoms with Gasteiger partial charge in [0.25, 0.3) is 0 Å². The summed E-state index contributed by atoms with van der Waals surface area (Å²) in [4.78, 5) is 17.2. The molecule has 1 amide bonds. The van der Waals surface area contributed by atoms with Crippen molar-refractivity contribution in [3.05, 3.63) is 59.4 Å². The van der Waals surface area contributed by atoms with Crippen LogP contribution in [0.3, 0.4) is 0 Å². The van der Waals surface area contributed by atoms with Crippen LogP contribution in [-0.2, 0) is 4.79 Å². The van der Waals surface area contributed by atoms with Crippen molar-refractivity contribution in [3.8, 4) is 0 Å². The topological polar surface area (TPSA) is 42.0 Å². The summed E-state index contributed by atoms with van der Waals surface area (Å²) in [5, 5.41) is 3.54. The number of halogens is 1. The van der Waals surface area contributed by atoms with E-state index in [0.717, 1.165) is 10.5 Å². The second kappa shape index (κ2) is 7.48. The van der Waals surface area contributed by atoms with Crippen LogP contribution in [0.25, 0.3) is 0 Å². The first-order chi connectivity index (χ1) is 10.1. The van der Waals surface area contributed by atoms with Crippen LogP contribution < -0.4 is 5.32 Å². The van der Waals surface area contributed by atoms with Gasteiger partial charge in [-0.25, -0.2) is 0 Å². The number of carbonyl (C=O) groups is 1. The molecular weight excluding hydrogens is 304 g/mol. The molecule has 2 aromatic rings. The number of rotatable bonds is 5. The Morgan fingerprint density at radius 3 is 2.38 bits per heavy atom. The lowest BCUT2D eigenvalue weighted by atomic mass is 10.1. The highest BCUT2D eigenvalue weighted by Crippen LogP contribution is 2.25. The van der Waals surface area contributed by atoms with E-state index in [1.165, 1.54) is 11.8 Å². The maximum Gasteiger partial charge on any atom is 0.233 e. The molecule has 1 aromatic heterocycles. The van der Waals surface area contributed by atoms with Crippen LogP contribution in [0.5, 0.6) is 0 Å². The summed E-state index contributed by atoms with van der Waals surface area (Å²) in [5.74, 6) is 0.0132. The zero-order chi connectivity index (χ0) is 15.2. The van der Waals surface area contributed by atoms with Gasteiger partial charge in [-0.05, 0) is 55.8 Å². The first kappa shape index (κ1) is 15.9. The van der Waals surface area contributed by atoms with E-state index in [9.17, 15) is 4.79 Å². The van der Waals surface area contributed by atoms with Gasteiger partial charge in [0.1, 0.15) is 0 Å². The van der Waals surface area contributed by atoms with Crippen molar-refractivity contribution in [2.24, 2.45) is 0 Å².